The van der Waals surface area contributed by atoms with Crippen LogP contribution in [0, 0.1) is 11.8 Å². The largest absolute Gasteiger partial charge is 0.339 e. The van der Waals surface area contributed by atoms with Gasteiger partial charge in [-0.25, -0.2) is 0 Å². The first-order chi connectivity index (χ1) is 11.8. The third kappa shape index (κ3) is 3.61. The Labute approximate surface area is 167 Å². The summed E-state index contributed by atoms with van der Waals surface area (Å²) >= 11 is 0. The third-order valence-electron chi connectivity index (χ3n) is 6.36. The summed E-state index contributed by atoms with van der Waals surface area (Å²) in [5, 5.41) is 8.22. The van der Waals surface area contributed by atoms with Gasteiger partial charge in [-0.3, -0.25) is 14.4 Å². The number of nitrogens with zero attached hydrogens (tertiary/aromatic N) is 4. The van der Waals surface area contributed by atoms with Crippen molar-refractivity contribution in [1.82, 2.24) is 24.9 Å². The molecule has 4 aliphatic rings. The zero-order valence-electron chi connectivity index (χ0n) is 15.1. The maximum absolute atomic E-state index is 12.2. The van der Waals surface area contributed by atoms with Crippen LogP contribution >= 0.6 is 24.8 Å². The molecule has 0 aliphatic carbocycles. The highest BCUT2D eigenvalue weighted by atomic mass is 35.5. The van der Waals surface area contributed by atoms with Gasteiger partial charge in [0, 0.05) is 51.7 Å². The molecule has 1 aromatic heterocycles. The summed E-state index contributed by atoms with van der Waals surface area (Å²) in [5.74, 6) is 1.73. The lowest BCUT2D eigenvalue weighted by molar-refractivity contribution is -0.145. The van der Waals surface area contributed by atoms with Gasteiger partial charge in [0.05, 0.1) is 17.9 Å². The summed E-state index contributed by atoms with van der Waals surface area (Å²) in [5.41, 5.74) is 2.53. The highest BCUT2D eigenvalue weighted by Gasteiger charge is 2.43. The average Bonchev–Trinajstić information content (AvgIpc) is 2.98. The lowest BCUT2D eigenvalue weighted by Crippen LogP contribution is -2.60. The molecule has 8 heteroatoms. The van der Waals surface area contributed by atoms with Crippen LogP contribution in [0.1, 0.15) is 37.1 Å². The molecule has 1 amide bonds. The van der Waals surface area contributed by atoms with E-state index in [0.717, 1.165) is 58.7 Å². The Morgan fingerprint density at radius 2 is 2.12 bits per heavy atom. The van der Waals surface area contributed by atoms with Gasteiger partial charge in [0.15, 0.2) is 0 Å². The molecule has 3 atom stereocenters. The molecular weight excluding hydrogens is 373 g/mol. The SMILES string of the molecule is Cl.Cl.O=C1CCC[C@H]2C3CC(CN(Cc4cc5n(n4)CCNC5)C3)CN12. The average molecular weight is 402 g/mol. The van der Waals surface area contributed by atoms with Crippen molar-refractivity contribution in [1.29, 1.82) is 0 Å². The van der Waals surface area contributed by atoms with Crippen LogP contribution in [0.15, 0.2) is 6.07 Å². The quantitative estimate of drug-likeness (QED) is 0.818. The predicted molar refractivity (Wildman–Crippen MR) is 105 cm³/mol. The summed E-state index contributed by atoms with van der Waals surface area (Å²) < 4.78 is 2.16. The van der Waals surface area contributed by atoms with Crippen molar-refractivity contribution in [3.63, 3.8) is 0 Å². The molecule has 3 saturated heterocycles. The molecule has 4 aliphatic heterocycles. The number of amides is 1. The molecule has 2 bridgehead atoms. The van der Waals surface area contributed by atoms with Crippen molar-refractivity contribution in [3.05, 3.63) is 17.5 Å². The predicted octanol–water partition coefficient (Wildman–Crippen LogP) is 1.66. The maximum Gasteiger partial charge on any atom is 0.222 e. The van der Waals surface area contributed by atoms with Crippen molar-refractivity contribution in [2.75, 3.05) is 26.2 Å². The molecule has 26 heavy (non-hydrogen) atoms. The Balaban J connectivity index is 0.000000980. The van der Waals surface area contributed by atoms with E-state index in [1.165, 1.54) is 24.2 Å². The van der Waals surface area contributed by atoms with Crippen molar-refractivity contribution >= 4 is 30.7 Å². The molecule has 1 N–H and O–H groups in total. The number of rotatable bonds is 2. The van der Waals surface area contributed by atoms with E-state index in [0.29, 0.717) is 23.8 Å². The Kier molecular flexibility index (Phi) is 6.17. The van der Waals surface area contributed by atoms with Crippen LogP contribution in [-0.2, 0) is 24.4 Å². The van der Waals surface area contributed by atoms with E-state index in [1.807, 2.05) is 0 Å². The molecule has 5 rings (SSSR count). The maximum atomic E-state index is 12.2. The standard InChI is InChI=1S/C18H27N5O.2ClH/c24-18-3-1-2-17-14-6-13(10-22(17)18)9-21(11-14)12-15-7-16-8-19-4-5-23(16)20-15;;/h7,13-14,17,19H,1-6,8-12H2;2*1H/t13?,14?,17-;;/m0../s1. The molecule has 2 unspecified atom stereocenters. The van der Waals surface area contributed by atoms with Crippen molar-refractivity contribution in [2.45, 2.75) is 51.4 Å². The van der Waals surface area contributed by atoms with Gasteiger partial charge < -0.3 is 10.2 Å². The highest BCUT2D eigenvalue weighted by molar-refractivity contribution is 5.85. The van der Waals surface area contributed by atoms with Gasteiger partial charge in [0.2, 0.25) is 5.91 Å². The van der Waals surface area contributed by atoms with Crippen LogP contribution in [-0.4, -0.2) is 57.7 Å². The molecule has 0 radical (unpaired) electrons. The van der Waals surface area contributed by atoms with Crippen LogP contribution in [0.4, 0.5) is 0 Å². The summed E-state index contributed by atoms with van der Waals surface area (Å²) in [6.45, 7) is 7.15. The minimum absolute atomic E-state index is 0. The van der Waals surface area contributed by atoms with Gasteiger partial charge in [-0.15, -0.1) is 24.8 Å². The first-order valence-electron chi connectivity index (χ1n) is 9.54. The fourth-order valence-electron chi connectivity index (χ4n) is 5.40. The molecule has 146 valence electrons. The van der Waals surface area contributed by atoms with Crippen molar-refractivity contribution in [2.24, 2.45) is 11.8 Å². The molecule has 1 aromatic rings. The number of hydrogen-bond acceptors (Lipinski definition) is 4. The van der Waals surface area contributed by atoms with Crippen LogP contribution in [0.5, 0.6) is 0 Å². The minimum atomic E-state index is 0. The van der Waals surface area contributed by atoms with Gasteiger partial charge in [-0.1, -0.05) is 0 Å². The number of hydrogen-bond donors (Lipinski definition) is 1. The molecule has 0 spiro atoms. The lowest BCUT2D eigenvalue weighted by Gasteiger charge is -2.52. The summed E-state index contributed by atoms with van der Waals surface area (Å²) in [6.07, 6.45) is 4.38. The minimum Gasteiger partial charge on any atom is -0.339 e. The number of carbonyl (C=O) groups excluding carboxylic acids is 1. The normalized spacial score (nSPS) is 30.7. The van der Waals surface area contributed by atoms with Crippen LogP contribution in [0.3, 0.4) is 0 Å². The molecule has 6 nitrogen and oxygen atoms in total. The van der Waals surface area contributed by atoms with E-state index in [1.54, 1.807) is 0 Å². The molecule has 0 aromatic carbocycles. The molecule has 3 fully saturated rings. The second-order valence-corrected chi connectivity index (χ2v) is 8.09. The monoisotopic (exact) mass is 401 g/mol. The zero-order chi connectivity index (χ0) is 16.1. The number of carbonyl (C=O) groups is 1. The third-order valence-corrected chi connectivity index (χ3v) is 6.36. The second-order valence-electron chi connectivity index (χ2n) is 8.09. The highest BCUT2D eigenvalue weighted by Crippen LogP contribution is 2.38. The first-order valence-corrected chi connectivity index (χ1v) is 9.54. The number of piperidine rings is 3. The summed E-state index contributed by atoms with van der Waals surface area (Å²) in [7, 11) is 0. The van der Waals surface area contributed by atoms with E-state index >= 15 is 0 Å². The second kappa shape index (κ2) is 8.05. The van der Waals surface area contributed by atoms with Gasteiger partial charge in [-0.2, -0.15) is 5.10 Å². The fourth-order valence-corrected chi connectivity index (χ4v) is 5.40. The van der Waals surface area contributed by atoms with E-state index in [4.69, 9.17) is 5.10 Å². The van der Waals surface area contributed by atoms with Crippen LogP contribution in [0.2, 0.25) is 0 Å². The van der Waals surface area contributed by atoms with Crippen LogP contribution in [0.25, 0.3) is 0 Å². The van der Waals surface area contributed by atoms with Gasteiger partial charge in [0.25, 0.3) is 0 Å². The number of aromatic nitrogens is 2. The number of nitrogens with one attached hydrogen (secondary N) is 1. The van der Waals surface area contributed by atoms with Gasteiger partial charge in [0.1, 0.15) is 0 Å². The first kappa shape index (κ1) is 19.9. The van der Waals surface area contributed by atoms with E-state index in [2.05, 4.69) is 25.9 Å². The Morgan fingerprint density at radius 1 is 1.23 bits per heavy atom. The smallest absolute Gasteiger partial charge is 0.222 e. The van der Waals surface area contributed by atoms with Crippen molar-refractivity contribution < 1.29 is 4.79 Å². The molecular formula is C18H29Cl2N5O. The molecule has 5 heterocycles. The zero-order valence-corrected chi connectivity index (χ0v) is 16.7. The van der Waals surface area contributed by atoms with Crippen molar-refractivity contribution in [3.8, 4) is 0 Å². The van der Waals surface area contributed by atoms with Gasteiger partial charge in [-0.05, 0) is 37.2 Å². The van der Waals surface area contributed by atoms with E-state index < -0.39 is 0 Å². The Hall–Kier alpha value is -0.820. The topological polar surface area (TPSA) is 53.4 Å². The molecule has 0 saturated carbocycles. The number of halogens is 2. The summed E-state index contributed by atoms with van der Waals surface area (Å²) in [4.78, 5) is 17.1. The Bertz CT molecular complexity index is 628. The summed E-state index contributed by atoms with van der Waals surface area (Å²) in [6, 6.07) is 2.78. The number of likely N-dealkylation sites (tertiary alicyclic amines) is 1. The number of fused-ring (bicyclic) bond motifs is 5. The van der Waals surface area contributed by atoms with E-state index in [9.17, 15) is 4.79 Å². The fraction of sp³-hybridized carbons (Fsp3) is 0.778. The van der Waals surface area contributed by atoms with Gasteiger partial charge >= 0.3 is 0 Å². The lowest BCUT2D eigenvalue weighted by atomic mass is 9.76. The Morgan fingerprint density at radius 3 is 2.96 bits per heavy atom. The van der Waals surface area contributed by atoms with Crippen LogP contribution < -0.4 is 5.32 Å². The van der Waals surface area contributed by atoms with E-state index in [-0.39, 0.29) is 24.8 Å².